The van der Waals surface area contributed by atoms with Crippen LogP contribution < -0.4 is 5.69 Å². The Morgan fingerprint density at radius 3 is 2.36 bits per heavy atom. The summed E-state index contributed by atoms with van der Waals surface area (Å²) < 4.78 is 25.0. The SMILES string of the molecule is Cn1c(=O)nc(-c2ccccc2)c2cc(S(C)(=O)=O)ccc21. The molecule has 3 rings (SSSR count). The Labute approximate surface area is 127 Å². The van der Waals surface area contributed by atoms with Crippen LogP contribution in [0.3, 0.4) is 0 Å². The number of aromatic nitrogens is 2. The monoisotopic (exact) mass is 314 g/mol. The Morgan fingerprint density at radius 2 is 1.73 bits per heavy atom. The van der Waals surface area contributed by atoms with Gasteiger partial charge in [0.25, 0.3) is 0 Å². The van der Waals surface area contributed by atoms with Gasteiger partial charge in [0.15, 0.2) is 9.84 Å². The van der Waals surface area contributed by atoms with E-state index >= 15 is 0 Å². The molecule has 2 aromatic carbocycles. The molecule has 0 saturated heterocycles. The number of hydrogen-bond acceptors (Lipinski definition) is 4. The van der Waals surface area contributed by atoms with Gasteiger partial charge in [-0.05, 0) is 18.2 Å². The molecule has 112 valence electrons. The summed E-state index contributed by atoms with van der Waals surface area (Å²) in [5.41, 5.74) is 1.53. The van der Waals surface area contributed by atoms with Crippen molar-refractivity contribution in [2.45, 2.75) is 4.90 Å². The zero-order valence-corrected chi connectivity index (χ0v) is 13.0. The van der Waals surface area contributed by atoms with Gasteiger partial charge in [0.05, 0.1) is 16.1 Å². The van der Waals surface area contributed by atoms with Crippen LogP contribution in [0.4, 0.5) is 0 Å². The van der Waals surface area contributed by atoms with Gasteiger partial charge in [-0.25, -0.2) is 13.2 Å². The van der Waals surface area contributed by atoms with Crippen LogP contribution in [0.1, 0.15) is 0 Å². The fourth-order valence-electron chi connectivity index (χ4n) is 2.38. The normalized spacial score (nSPS) is 11.7. The predicted octanol–water partition coefficient (Wildman–Crippen LogP) is 2.00. The van der Waals surface area contributed by atoms with Crippen LogP contribution in [-0.2, 0) is 16.9 Å². The van der Waals surface area contributed by atoms with Crippen LogP contribution in [-0.4, -0.2) is 24.2 Å². The highest BCUT2D eigenvalue weighted by Crippen LogP contribution is 2.27. The van der Waals surface area contributed by atoms with Crippen molar-refractivity contribution in [3.05, 3.63) is 59.0 Å². The van der Waals surface area contributed by atoms with Crippen LogP contribution in [0.25, 0.3) is 22.2 Å². The molecule has 0 atom stereocenters. The molecule has 0 aliphatic carbocycles. The smallest absolute Gasteiger partial charge is 0.295 e. The van der Waals surface area contributed by atoms with Crippen molar-refractivity contribution < 1.29 is 8.42 Å². The van der Waals surface area contributed by atoms with Crippen LogP contribution in [0, 0.1) is 0 Å². The Kier molecular flexibility index (Phi) is 3.33. The maximum absolute atomic E-state index is 12.0. The molecule has 0 amide bonds. The van der Waals surface area contributed by atoms with Crippen molar-refractivity contribution in [1.82, 2.24) is 9.55 Å². The lowest BCUT2D eigenvalue weighted by Gasteiger charge is -2.10. The molecule has 0 radical (unpaired) electrons. The summed E-state index contributed by atoms with van der Waals surface area (Å²) in [5.74, 6) is 0. The first kappa shape index (κ1) is 14.5. The van der Waals surface area contributed by atoms with Crippen molar-refractivity contribution in [3.63, 3.8) is 0 Å². The highest BCUT2D eigenvalue weighted by atomic mass is 32.2. The first-order valence-corrected chi connectivity index (χ1v) is 8.53. The molecule has 1 heterocycles. The van der Waals surface area contributed by atoms with Gasteiger partial charge in [0.2, 0.25) is 0 Å². The van der Waals surface area contributed by atoms with Gasteiger partial charge in [-0.2, -0.15) is 4.98 Å². The summed E-state index contributed by atoms with van der Waals surface area (Å²) in [6, 6.07) is 14.0. The number of benzene rings is 2. The molecule has 1 aromatic heterocycles. The zero-order valence-electron chi connectivity index (χ0n) is 12.1. The molecule has 5 nitrogen and oxygen atoms in total. The van der Waals surface area contributed by atoms with E-state index in [1.165, 1.54) is 10.6 Å². The Balaban J connectivity index is 2.46. The molecule has 0 aliphatic heterocycles. The molecule has 0 bridgehead atoms. The topological polar surface area (TPSA) is 69.0 Å². The molecule has 0 spiro atoms. The number of aryl methyl sites for hydroxylation is 1. The van der Waals surface area contributed by atoms with Crippen molar-refractivity contribution in [1.29, 1.82) is 0 Å². The van der Waals surface area contributed by atoms with Crippen molar-refractivity contribution in [2.75, 3.05) is 6.26 Å². The molecular weight excluding hydrogens is 300 g/mol. The molecule has 22 heavy (non-hydrogen) atoms. The summed E-state index contributed by atoms with van der Waals surface area (Å²) in [6.45, 7) is 0. The number of hydrogen-bond donors (Lipinski definition) is 0. The van der Waals surface area contributed by atoms with Crippen LogP contribution >= 0.6 is 0 Å². The largest absolute Gasteiger partial charge is 0.348 e. The van der Waals surface area contributed by atoms with Crippen molar-refractivity contribution in [3.8, 4) is 11.3 Å². The quantitative estimate of drug-likeness (QED) is 0.725. The third-order valence-electron chi connectivity index (χ3n) is 3.55. The Morgan fingerprint density at radius 1 is 1.05 bits per heavy atom. The molecular formula is C16H14N2O3S. The van der Waals surface area contributed by atoms with Gasteiger partial charge >= 0.3 is 5.69 Å². The molecule has 0 unspecified atom stereocenters. The first-order chi connectivity index (χ1) is 10.4. The molecule has 0 aliphatic rings. The number of fused-ring (bicyclic) bond motifs is 1. The average molecular weight is 314 g/mol. The predicted molar refractivity (Wildman–Crippen MR) is 85.5 cm³/mol. The minimum atomic E-state index is -3.33. The zero-order chi connectivity index (χ0) is 15.9. The molecule has 0 saturated carbocycles. The van der Waals surface area contributed by atoms with E-state index < -0.39 is 9.84 Å². The van der Waals surface area contributed by atoms with E-state index in [9.17, 15) is 13.2 Å². The third kappa shape index (κ3) is 2.42. The van der Waals surface area contributed by atoms with Crippen molar-refractivity contribution >= 4 is 20.7 Å². The van der Waals surface area contributed by atoms with Gasteiger partial charge in [-0.15, -0.1) is 0 Å². The summed E-state index contributed by atoms with van der Waals surface area (Å²) in [5, 5.41) is 0.635. The highest BCUT2D eigenvalue weighted by molar-refractivity contribution is 7.90. The Bertz CT molecular complexity index is 1020. The fourth-order valence-corrected chi connectivity index (χ4v) is 3.03. The van der Waals surface area contributed by atoms with E-state index in [-0.39, 0.29) is 10.6 Å². The molecule has 3 aromatic rings. The average Bonchev–Trinajstić information content (AvgIpc) is 2.50. The van der Waals surface area contributed by atoms with Gasteiger partial charge in [-0.3, -0.25) is 4.57 Å². The standard InChI is InChI=1S/C16H14N2O3S/c1-18-14-9-8-12(22(2,20)21)10-13(14)15(17-16(18)19)11-6-4-3-5-7-11/h3-10H,1-2H3. The lowest BCUT2D eigenvalue weighted by molar-refractivity contribution is 0.602. The van der Waals surface area contributed by atoms with E-state index in [1.54, 1.807) is 19.2 Å². The third-order valence-corrected chi connectivity index (χ3v) is 4.66. The summed E-state index contributed by atoms with van der Waals surface area (Å²) in [6.07, 6.45) is 1.16. The molecule has 0 fully saturated rings. The van der Waals surface area contributed by atoms with Gasteiger partial charge in [0, 0.05) is 24.3 Å². The van der Waals surface area contributed by atoms with Gasteiger partial charge in [-0.1, -0.05) is 30.3 Å². The minimum absolute atomic E-state index is 0.206. The maximum Gasteiger partial charge on any atom is 0.348 e. The first-order valence-electron chi connectivity index (χ1n) is 6.64. The van der Waals surface area contributed by atoms with Gasteiger partial charge in [0.1, 0.15) is 0 Å². The van der Waals surface area contributed by atoms with E-state index in [2.05, 4.69) is 4.98 Å². The second kappa shape index (κ2) is 5.06. The lowest BCUT2D eigenvalue weighted by atomic mass is 10.1. The summed E-state index contributed by atoms with van der Waals surface area (Å²) >= 11 is 0. The van der Waals surface area contributed by atoms with Gasteiger partial charge < -0.3 is 0 Å². The van der Waals surface area contributed by atoms with E-state index in [0.29, 0.717) is 16.6 Å². The molecule has 0 N–H and O–H groups in total. The fraction of sp³-hybridized carbons (Fsp3) is 0.125. The lowest BCUT2D eigenvalue weighted by Crippen LogP contribution is -2.21. The second-order valence-corrected chi connectivity index (χ2v) is 7.13. The summed E-state index contributed by atoms with van der Waals surface area (Å²) in [7, 11) is -1.71. The van der Waals surface area contributed by atoms with Crippen molar-refractivity contribution in [2.24, 2.45) is 7.05 Å². The van der Waals surface area contributed by atoms with E-state index in [1.807, 2.05) is 30.3 Å². The molecule has 6 heteroatoms. The Hall–Kier alpha value is -2.47. The van der Waals surface area contributed by atoms with E-state index in [0.717, 1.165) is 11.8 Å². The van der Waals surface area contributed by atoms with Crippen LogP contribution in [0.15, 0.2) is 58.2 Å². The van der Waals surface area contributed by atoms with Crippen LogP contribution in [0.5, 0.6) is 0 Å². The maximum atomic E-state index is 12.0. The number of sulfone groups is 1. The minimum Gasteiger partial charge on any atom is -0.295 e. The number of rotatable bonds is 2. The second-order valence-electron chi connectivity index (χ2n) is 5.12. The van der Waals surface area contributed by atoms with E-state index in [4.69, 9.17) is 0 Å². The van der Waals surface area contributed by atoms with Crippen LogP contribution in [0.2, 0.25) is 0 Å². The number of nitrogens with zero attached hydrogens (tertiary/aromatic N) is 2. The summed E-state index contributed by atoms with van der Waals surface area (Å²) in [4.78, 5) is 16.4. The highest BCUT2D eigenvalue weighted by Gasteiger charge is 2.14.